The Labute approximate surface area is 125 Å². The summed E-state index contributed by atoms with van der Waals surface area (Å²) in [4.78, 5) is 0. The first-order valence-electron chi connectivity index (χ1n) is 7.46. The average molecular weight is 296 g/mol. The molecular weight excluding hydrogens is 271 g/mol. The van der Waals surface area contributed by atoms with E-state index in [0.29, 0.717) is 17.7 Å². The van der Waals surface area contributed by atoms with Crippen molar-refractivity contribution in [3.05, 3.63) is 35.1 Å². The third-order valence-electron chi connectivity index (χ3n) is 3.44. The maximum atomic E-state index is 13.2. The quantitative estimate of drug-likeness (QED) is 0.239. The highest BCUT2D eigenvalue weighted by Gasteiger charge is 2.10. The summed E-state index contributed by atoms with van der Waals surface area (Å²) in [5.41, 5.74) is 6.65. The molecule has 5 heteroatoms. The molecule has 0 saturated carbocycles. The lowest BCUT2D eigenvalue weighted by atomic mass is 10.1. The predicted octanol–water partition coefficient (Wildman–Crippen LogP) is 3.80. The fraction of sp³-hybridized carbons (Fsp3) is 0.562. The molecule has 0 fully saturated rings. The van der Waals surface area contributed by atoms with E-state index in [9.17, 15) is 4.39 Å². The molecule has 0 spiro atoms. The zero-order valence-electron chi connectivity index (χ0n) is 12.8. The highest BCUT2D eigenvalue weighted by Crippen LogP contribution is 2.15. The van der Waals surface area contributed by atoms with Gasteiger partial charge in [-0.1, -0.05) is 43.8 Å². The molecule has 0 aliphatic rings. The molecule has 0 aromatic heterocycles. The van der Waals surface area contributed by atoms with Gasteiger partial charge in [0.05, 0.1) is 12.7 Å². The topological polar surface area (TPSA) is 67.8 Å². The van der Waals surface area contributed by atoms with E-state index in [1.54, 1.807) is 6.07 Å². The van der Waals surface area contributed by atoms with Gasteiger partial charge in [0.15, 0.2) is 5.84 Å². The van der Waals surface area contributed by atoms with Crippen LogP contribution in [0.15, 0.2) is 23.4 Å². The lowest BCUT2D eigenvalue weighted by Crippen LogP contribution is -2.17. The van der Waals surface area contributed by atoms with Gasteiger partial charge in [0, 0.05) is 5.56 Å². The summed E-state index contributed by atoms with van der Waals surface area (Å²) in [5.74, 6) is -0.531. The molecule has 0 radical (unpaired) electrons. The molecule has 21 heavy (non-hydrogen) atoms. The molecule has 0 bridgehead atoms. The van der Waals surface area contributed by atoms with Crippen molar-refractivity contribution in [2.24, 2.45) is 10.9 Å². The first-order chi connectivity index (χ1) is 10.1. The van der Waals surface area contributed by atoms with Crippen molar-refractivity contribution >= 4 is 5.84 Å². The van der Waals surface area contributed by atoms with Crippen molar-refractivity contribution in [1.29, 1.82) is 0 Å². The molecule has 1 unspecified atom stereocenters. The van der Waals surface area contributed by atoms with Crippen molar-refractivity contribution in [2.75, 3.05) is 0 Å². The summed E-state index contributed by atoms with van der Waals surface area (Å²) in [5, 5.41) is 11.7. The van der Waals surface area contributed by atoms with Crippen LogP contribution in [-0.4, -0.2) is 17.1 Å². The molecule has 0 aliphatic carbocycles. The van der Waals surface area contributed by atoms with Gasteiger partial charge in [-0.3, -0.25) is 0 Å². The zero-order valence-corrected chi connectivity index (χ0v) is 12.8. The number of ether oxygens (including phenoxy) is 1. The van der Waals surface area contributed by atoms with E-state index in [1.807, 2.05) is 6.92 Å². The van der Waals surface area contributed by atoms with Crippen LogP contribution in [0.1, 0.15) is 57.1 Å². The second kappa shape index (κ2) is 9.34. The molecule has 1 aromatic rings. The predicted molar refractivity (Wildman–Crippen MR) is 81.9 cm³/mol. The Morgan fingerprint density at radius 2 is 2.14 bits per heavy atom. The maximum absolute atomic E-state index is 13.2. The van der Waals surface area contributed by atoms with Crippen LogP contribution >= 0.6 is 0 Å². The molecule has 1 atom stereocenters. The Hall–Kier alpha value is -1.62. The lowest BCUT2D eigenvalue weighted by molar-refractivity contribution is 0.0458. The summed E-state index contributed by atoms with van der Waals surface area (Å²) in [6.45, 7) is 4.53. The van der Waals surface area contributed by atoms with Crippen molar-refractivity contribution in [3.8, 4) is 0 Å². The van der Waals surface area contributed by atoms with Gasteiger partial charge in [0.1, 0.15) is 5.82 Å². The van der Waals surface area contributed by atoms with Gasteiger partial charge < -0.3 is 15.7 Å². The first kappa shape index (κ1) is 17.4. The van der Waals surface area contributed by atoms with Gasteiger partial charge in [-0.25, -0.2) is 4.39 Å². The van der Waals surface area contributed by atoms with Gasteiger partial charge >= 0.3 is 0 Å². The Balaban J connectivity index is 2.55. The van der Waals surface area contributed by atoms with Crippen LogP contribution in [0, 0.1) is 5.82 Å². The number of oxime groups is 1. The summed E-state index contributed by atoms with van der Waals surface area (Å²) >= 11 is 0. The van der Waals surface area contributed by atoms with Crippen molar-refractivity contribution in [2.45, 2.75) is 58.7 Å². The Kier molecular flexibility index (Phi) is 7.75. The average Bonchev–Trinajstić information content (AvgIpc) is 2.49. The van der Waals surface area contributed by atoms with Gasteiger partial charge in [0.2, 0.25) is 0 Å². The van der Waals surface area contributed by atoms with Crippen LogP contribution in [-0.2, 0) is 11.3 Å². The largest absolute Gasteiger partial charge is 0.409 e. The fourth-order valence-corrected chi connectivity index (χ4v) is 2.14. The second-order valence-corrected chi connectivity index (χ2v) is 5.26. The van der Waals surface area contributed by atoms with Crippen LogP contribution in [0.5, 0.6) is 0 Å². The molecule has 0 aliphatic heterocycles. The standard InChI is InChI=1S/C16H25FN2O2/c1-3-4-5-6-7-12(2)21-11-13-8-9-14(17)10-15(13)16(18)19-20/h8-10,12,20H,3-7,11H2,1-2H3,(H2,18,19). The van der Waals surface area contributed by atoms with Crippen LogP contribution in [0.3, 0.4) is 0 Å². The molecule has 0 amide bonds. The highest BCUT2D eigenvalue weighted by molar-refractivity contribution is 5.98. The molecule has 4 nitrogen and oxygen atoms in total. The van der Waals surface area contributed by atoms with Crippen LogP contribution in [0.2, 0.25) is 0 Å². The number of rotatable bonds is 9. The molecule has 1 rings (SSSR count). The third kappa shape index (κ3) is 6.12. The van der Waals surface area contributed by atoms with E-state index in [-0.39, 0.29) is 11.9 Å². The Bertz CT molecular complexity index is 464. The first-order valence-corrected chi connectivity index (χ1v) is 7.46. The monoisotopic (exact) mass is 296 g/mol. The van der Waals surface area contributed by atoms with Gasteiger partial charge in [0.25, 0.3) is 0 Å². The highest BCUT2D eigenvalue weighted by atomic mass is 19.1. The van der Waals surface area contributed by atoms with Crippen molar-refractivity contribution in [1.82, 2.24) is 0 Å². The second-order valence-electron chi connectivity index (χ2n) is 5.26. The molecule has 0 heterocycles. The number of amidine groups is 1. The van der Waals surface area contributed by atoms with Crippen LogP contribution in [0.4, 0.5) is 4.39 Å². The van der Waals surface area contributed by atoms with E-state index < -0.39 is 5.82 Å². The van der Waals surface area contributed by atoms with E-state index in [2.05, 4.69) is 12.1 Å². The summed E-state index contributed by atoms with van der Waals surface area (Å²) in [6.07, 6.45) is 5.96. The van der Waals surface area contributed by atoms with E-state index in [4.69, 9.17) is 15.7 Å². The molecule has 118 valence electrons. The van der Waals surface area contributed by atoms with Crippen molar-refractivity contribution in [3.63, 3.8) is 0 Å². The van der Waals surface area contributed by atoms with Gasteiger partial charge in [-0.05, 0) is 31.0 Å². The number of nitrogens with two attached hydrogens (primary N) is 1. The summed E-state index contributed by atoms with van der Waals surface area (Å²) < 4.78 is 19.0. The Morgan fingerprint density at radius 1 is 1.38 bits per heavy atom. The minimum atomic E-state index is -0.423. The van der Waals surface area contributed by atoms with Crippen LogP contribution < -0.4 is 5.73 Å². The van der Waals surface area contributed by atoms with E-state index in [0.717, 1.165) is 12.8 Å². The van der Waals surface area contributed by atoms with Gasteiger partial charge in [-0.15, -0.1) is 0 Å². The minimum Gasteiger partial charge on any atom is -0.409 e. The van der Waals surface area contributed by atoms with Crippen molar-refractivity contribution < 1.29 is 14.3 Å². The summed E-state index contributed by atoms with van der Waals surface area (Å²) in [6, 6.07) is 4.20. The molecular formula is C16H25FN2O2. The Morgan fingerprint density at radius 3 is 2.81 bits per heavy atom. The fourth-order valence-electron chi connectivity index (χ4n) is 2.14. The lowest BCUT2D eigenvalue weighted by Gasteiger charge is -2.15. The van der Waals surface area contributed by atoms with E-state index >= 15 is 0 Å². The normalized spacial score (nSPS) is 13.4. The number of nitrogens with zero attached hydrogens (tertiary/aromatic N) is 1. The SMILES string of the molecule is CCCCCCC(C)OCc1ccc(F)cc1C(N)=NO. The van der Waals surface area contributed by atoms with Gasteiger partial charge in [-0.2, -0.15) is 0 Å². The number of halogens is 1. The number of hydrogen-bond donors (Lipinski definition) is 2. The number of hydrogen-bond acceptors (Lipinski definition) is 3. The zero-order chi connectivity index (χ0) is 15.7. The summed E-state index contributed by atoms with van der Waals surface area (Å²) in [7, 11) is 0. The molecule has 3 N–H and O–H groups in total. The third-order valence-corrected chi connectivity index (χ3v) is 3.44. The smallest absolute Gasteiger partial charge is 0.170 e. The molecule has 0 saturated heterocycles. The minimum absolute atomic E-state index is 0.108. The number of benzene rings is 1. The molecule has 1 aromatic carbocycles. The van der Waals surface area contributed by atoms with E-state index in [1.165, 1.54) is 31.4 Å². The number of unbranched alkanes of at least 4 members (excludes halogenated alkanes) is 3. The van der Waals surface area contributed by atoms with Crippen LogP contribution in [0.25, 0.3) is 0 Å². The maximum Gasteiger partial charge on any atom is 0.170 e.